The van der Waals surface area contributed by atoms with Gasteiger partial charge in [0.05, 0.1) is 0 Å². The van der Waals surface area contributed by atoms with E-state index in [0.29, 0.717) is 0 Å². The third-order valence-corrected chi connectivity index (χ3v) is 6.77. The van der Waals surface area contributed by atoms with Crippen molar-refractivity contribution in [2.45, 2.75) is 150 Å². The minimum Gasteiger partial charge on any atom is -0.0654 e. The number of unbranched alkanes of at least 4 members (excludes halogenated alkanes) is 6. The molecule has 0 saturated carbocycles. The monoisotopic (exact) mass is 366 g/mol. The normalized spacial score (nSPS) is 15.1. The van der Waals surface area contributed by atoms with Gasteiger partial charge in [-0.3, -0.25) is 0 Å². The molecule has 0 nitrogen and oxygen atoms in total. The first-order chi connectivity index (χ1) is 12.7. The lowest BCUT2D eigenvalue weighted by Crippen LogP contribution is -2.09. The molecule has 0 spiro atoms. The van der Waals surface area contributed by atoms with Crippen LogP contribution in [0.1, 0.15) is 150 Å². The number of hydrogen-bond donors (Lipinski definition) is 0. The molecule has 0 heterocycles. The van der Waals surface area contributed by atoms with E-state index in [1.807, 2.05) is 0 Å². The molecule has 2 unspecified atom stereocenters. The van der Waals surface area contributed by atoms with E-state index in [0.717, 1.165) is 17.8 Å². The first-order valence-corrected chi connectivity index (χ1v) is 12.7. The molecule has 2 atom stereocenters. The van der Waals surface area contributed by atoms with Gasteiger partial charge in [0.25, 0.3) is 0 Å². The fourth-order valence-electron chi connectivity index (χ4n) is 4.53. The van der Waals surface area contributed by atoms with E-state index >= 15 is 0 Å². The second-order valence-corrected chi connectivity index (χ2v) is 9.06. The zero-order chi connectivity index (χ0) is 19.5. The molecular formula is C26H54. The Kier molecular flexibility index (Phi) is 19.8. The lowest BCUT2D eigenvalue weighted by atomic mass is 9.83. The Labute approximate surface area is 168 Å². The fourth-order valence-corrected chi connectivity index (χ4v) is 4.53. The maximum absolute atomic E-state index is 2.42. The third kappa shape index (κ3) is 15.1. The minimum atomic E-state index is 1.00. The smallest absolute Gasteiger partial charge is 0.0414 e. The van der Waals surface area contributed by atoms with E-state index in [1.165, 1.54) is 116 Å². The molecule has 0 aliphatic carbocycles. The molecule has 0 aromatic heterocycles. The van der Waals surface area contributed by atoms with E-state index in [1.54, 1.807) is 0 Å². The summed E-state index contributed by atoms with van der Waals surface area (Å²) in [5.41, 5.74) is 0. The average Bonchev–Trinajstić information content (AvgIpc) is 2.66. The van der Waals surface area contributed by atoms with Crippen LogP contribution in [0.25, 0.3) is 0 Å². The van der Waals surface area contributed by atoms with Gasteiger partial charge in [-0.25, -0.2) is 0 Å². The van der Waals surface area contributed by atoms with Crippen LogP contribution in [0.3, 0.4) is 0 Å². The highest BCUT2D eigenvalue weighted by Gasteiger charge is 2.15. The summed E-state index contributed by atoms with van der Waals surface area (Å²) in [6.45, 7) is 11.8. The molecule has 0 aliphatic rings. The Balaban J connectivity index is 4.30. The van der Waals surface area contributed by atoms with Crippen molar-refractivity contribution in [2.75, 3.05) is 0 Å². The van der Waals surface area contributed by atoms with Gasteiger partial charge in [0.1, 0.15) is 0 Å². The molecule has 0 amide bonds. The van der Waals surface area contributed by atoms with E-state index in [4.69, 9.17) is 0 Å². The van der Waals surface area contributed by atoms with Crippen LogP contribution < -0.4 is 0 Å². The minimum absolute atomic E-state index is 1.00. The van der Waals surface area contributed by atoms with Crippen molar-refractivity contribution in [2.24, 2.45) is 17.8 Å². The Morgan fingerprint density at radius 2 is 0.654 bits per heavy atom. The summed E-state index contributed by atoms with van der Waals surface area (Å²) in [4.78, 5) is 0. The van der Waals surface area contributed by atoms with E-state index in [2.05, 4.69) is 34.6 Å². The second-order valence-electron chi connectivity index (χ2n) is 9.06. The van der Waals surface area contributed by atoms with Crippen molar-refractivity contribution in [3.8, 4) is 0 Å². The zero-order valence-corrected chi connectivity index (χ0v) is 19.5. The van der Waals surface area contributed by atoms with Gasteiger partial charge in [-0.05, 0) is 17.8 Å². The predicted molar refractivity (Wildman–Crippen MR) is 122 cm³/mol. The molecule has 26 heavy (non-hydrogen) atoms. The molecule has 0 aromatic carbocycles. The van der Waals surface area contributed by atoms with Gasteiger partial charge in [0.2, 0.25) is 0 Å². The van der Waals surface area contributed by atoms with Gasteiger partial charge in [-0.1, -0.05) is 150 Å². The van der Waals surface area contributed by atoms with Crippen molar-refractivity contribution in [1.29, 1.82) is 0 Å². The molecule has 0 bridgehead atoms. The Bertz CT molecular complexity index is 235. The van der Waals surface area contributed by atoms with Crippen LogP contribution in [-0.2, 0) is 0 Å². The zero-order valence-electron chi connectivity index (χ0n) is 19.5. The molecule has 0 rings (SSSR count). The molecule has 0 N–H and O–H groups in total. The van der Waals surface area contributed by atoms with Crippen molar-refractivity contribution in [1.82, 2.24) is 0 Å². The second kappa shape index (κ2) is 19.8. The van der Waals surface area contributed by atoms with Crippen molar-refractivity contribution in [3.63, 3.8) is 0 Å². The summed E-state index contributed by atoms with van der Waals surface area (Å²) in [6, 6.07) is 0. The fraction of sp³-hybridized carbons (Fsp3) is 1.00. The van der Waals surface area contributed by atoms with Crippen LogP contribution in [-0.4, -0.2) is 0 Å². The maximum Gasteiger partial charge on any atom is -0.0414 e. The van der Waals surface area contributed by atoms with Crippen molar-refractivity contribution < 1.29 is 0 Å². The SMILES string of the molecule is CCCCCC(CC)CCC(CCCCC)CCC(CC)CCCCC. The number of hydrogen-bond acceptors (Lipinski definition) is 0. The molecule has 0 aromatic rings. The van der Waals surface area contributed by atoms with Crippen LogP contribution >= 0.6 is 0 Å². The number of rotatable bonds is 20. The van der Waals surface area contributed by atoms with Gasteiger partial charge in [-0.15, -0.1) is 0 Å². The molecule has 0 heteroatoms. The largest absolute Gasteiger partial charge is 0.0654 e. The lowest BCUT2D eigenvalue weighted by Gasteiger charge is -2.23. The summed E-state index contributed by atoms with van der Waals surface area (Å²) in [7, 11) is 0. The first kappa shape index (κ1) is 26.0. The van der Waals surface area contributed by atoms with E-state index < -0.39 is 0 Å². The van der Waals surface area contributed by atoms with E-state index in [9.17, 15) is 0 Å². The standard InChI is InChI=1S/C26H54/c1-6-11-14-17-24(9-4)20-22-26(19-16-13-8-3)23-21-25(10-5)18-15-12-7-2/h24-26H,6-23H2,1-5H3. The molecule has 0 radical (unpaired) electrons. The topological polar surface area (TPSA) is 0 Å². The predicted octanol–water partition coefficient (Wildman–Crippen LogP) is 9.96. The lowest BCUT2D eigenvalue weighted by molar-refractivity contribution is 0.297. The van der Waals surface area contributed by atoms with Crippen LogP contribution in [0, 0.1) is 17.8 Å². The summed E-state index contributed by atoms with van der Waals surface area (Å²) in [5, 5.41) is 0. The van der Waals surface area contributed by atoms with Crippen LogP contribution in [0.4, 0.5) is 0 Å². The summed E-state index contributed by atoms with van der Waals surface area (Å²) < 4.78 is 0. The van der Waals surface area contributed by atoms with Gasteiger partial charge >= 0.3 is 0 Å². The quantitative estimate of drug-likeness (QED) is 0.188. The first-order valence-electron chi connectivity index (χ1n) is 12.7. The molecular weight excluding hydrogens is 312 g/mol. The van der Waals surface area contributed by atoms with Gasteiger partial charge in [-0.2, -0.15) is 0 Å². The molecule has 158 valence electrons. The Morgan fingerprint density at radius 3 is 0.962 bits per heavy atom. The van der Waals surface area contributed by atoms with Crippen molar-refractivity contribution in [3.05, 3.63) is 0 Å². The van der Waals surface area contributed by atoms with E-state index in [-0.39, 0.29) is 0 Å². The Morgan fingerprint density at radius 1 is 0.346 bits per heavy atom. The third-order valence-electron chi connectivity index (χ3n) is 6.77. The molecule has 0 saturated heterocycles. The van der Waals surface area contributed by atoms with Gasteiger partial charge in [0.15, 0.2) is 0 Å². The van der Waals surface area contributed by atoms with Gasteiger partial charge in [0, 0.05) is 0 Å². The summed E-state index contributed by atoms with van der Waals surface area (Å²) in [6.07, 6.45) is 26.1. The average molecular weight is 367 g/mol. The van der Waals surface area contributed by atoms with Crippen LogP contribution in [0.5, 0.6) is 0 Å². The summed E-state index contributed by atoms with van der Waals surface area (Å²) in [5.74, 6) is 3.02. The highest BCUT2D eigenvalue weighted by molar-refractivity contribution is 4.68. The van der Waals surface area contributed by atoms with Gasteiger partial charge < -0.3 is 0 Å². The maximum atomic E-state index is 2.42. The van der Waals surface area contributed by atoms with Crippen molar-refractivity contribution >= 4 is 0 Å². The molecule has 0 fully saturated rings. The van der Waals surface area contributed by atoms with Crippen LogP contribution in [0.15, 0.2) is 0 Å². The highest BCUT2D eigenvalue weighted by atomic mass is 14.2. The molecule has 0 aliphatic heterocycles. The summed E-state index contributed by atoms with van der Waals surface area (Å²) >= 11 is 0. The highest BCUT2D eigenvalue weighted by Crippen LogP contribution is 2.30. The van der Waals surface area contributed by atoms with Crippen LogP contribution in [0.2, 0.25) is 0 Å². The Hall–Kier alpha value is 0.